The van der Waals surface area contributed by atoms with E-state index < -0.39 is 0 Å². The molecule has 2 fully saturated rings. The Morgan fingerprint density at radius 2 is 1.75 bits per heavy atom. The Labute approximate surface area is 144 Å². The highest BCUT2D eigenvalue weighted by Gasteiger charge is 2.51. The van der Waals surface area contributed by atoms with Gasteiger partial charge in [-0.2, -0.15) is 0 Å². The van der Waals surface area contributed by atoms with Crippen LogP contribution in [-0.4, -0.2) is 24.3 Å². The van der Waals surface area contributed by atoms with E-state index in [1.807, 2.05) is 18.2 Å². The maximum atomic E-state index is 11.9. The van der Waals surface area contributed by atoms with Crippen molar-refractivity contribution >= 4 is 13.1 Å². The van der Waals surface area contributed by atoms with Crippen LogP contribution in [0.5, 0.6) is 5.75 Å². The van der Waals surface area contributed by atoms with Crippen molar-refractivity contribution in [2.24, 2.45) is 5.92 Å². The molecule has 1 aliphatic heterocycles. The van der Waals surface area contributed by atoms with E-state index in [9.17, 15) is 4.79 Å². The van der Waals surface area contributed by atoms with Gasteiger partial charge in [0, 0.05) is 6.08 Å². The molecule has 0 atom stereocenters. The predicted octanol–water partition coefficient (Wildman–Crippen LogP) is 4.02. The molecule has 128 valence electrons. The molecule has 2 aliphatic rings. The molecule has 0 aromatic heterocycles. The van der Waals surface area contributed by atoms with Crippen LogP contribution >= 0.6 is 0 Å². The lowest BCUT2D eigenvalue weighted by Gasteiger charge is -2.32. The van der Waals surface area contributed by atoms with Crippen LogP contribution in [0.1, 0.15) is 40.5 Å². The van der Waals surface area contributed by atoms with E-state index in [1.54, 1.807) is 18.2 Å². The molecular weight excluding hydrogens is 303 g/mol. The van der Waals surface area contributed by atoms with Gasteiger partial charge in [0.2, 0.25) is 0 Å². The van der Waals surface area contributed by atoms with Crippen LogP contribution in [0.15, 0.2) is 42.0 Å². The topological polar surface area (TPSA) is 44.8 Å². The van der Waals surface area contributed by atoms with Crippen LogP contribution in [0.3, 0.4) is 0 Å². The van der Waals surface area contributed by atoms with Crippen molar-refractivity contribution in [2.45, 2.75) is 58.1 Å². The summed E-state index contributed by atoms with van der Waals surface area (Å²) in [6, 6.07) is 9.14. The van der Waals surface area contributed by atoms with Crippen molar-refractivity contribution < 1.29 is 18.8 Å². The van der Waals surface area contributed by atoms with Crippen LogP contribution in [0.4, 0.5) is 0 Å². The Morgan fingerprint density at radius 1 is 1.17 bits per heavy atom. The average molecular weight is 328 g/mol. The average Bonchev–Trinajstić information content (AvgIpc) is 2.65. The summed E-state index contributed by atoms with van der Waals surface area (Å²) in [5, 5.41) is 0. The van der Waals surface area contributed by atoms with Gasteiger partial charge in [-0.1, -0.05) is 23.8 Å². The fraction of sp³-hybridized carbons (Fsp3) is 0.526. The highest BCUT2D eigenvalue weighted by molar-refractivity contribution is 6.45. The number of carbonyl (C=O) groups is 1. The minimum Gasteiger partial charge on any atom is -0.423 e. The fourth-order valence-corrected chi connectivity index (χ4v) is 3.10. The Hall–Kier alpha value is -1.59. The summed E-state index contributed by atoms with van der Waals surface area (Å²) in [5.74, 6) is 0.785. The number of esters is 1. The second kappa shape index (κ2) is 6.38. The number of hydrogen-bond donors (Lipinski definition) is 0. The molecule has 1 aromatic rings. The smallest absolute Gasteiger partial charge is 0.423 e. The van der Waals surface area contributed by atoms with E-state index >= 15 is 0 Å². The molecule has 0 amide bonds. The van der Waals surface area contributed by atoms with Gasteiger partial charge in [-0.05, 0) is 64.9 Å². The summed E-state index contributed by atoms with van der Waals surface area (Å²) in [6.07, 6.45) is 4.31. The van der Waals surface area contributed by atoms with E-state index in [1.165, 1.54) is 0 Å². The molecule has 4 nitrogen and oxygen atoms in total. The number of para-hydroxylation sites is 1. The molecule has 24 heavy (non-hydrogen) atoms. The predicted molar refractivity (Wildman–Crippen MR) is 93.8 cm³/mol. The van der Waals surface area contributed by atoms with E-state index in [2.05, 4.69) is 27.7 Å². The monoisotopic (exact) mass is 328 g/mol. The van der Waals surface area contributed by atoms with Crippen molar-refractivity contribution in [3.8, 4) is 5.75 Å². The first kappa shape index (κ1) is 17.2. The Balaban J connectivity index is 1.45. The lowest BCUT2D eigenvalue weighted by molar-refractivity contribution is -0.129. The first-order chi connectivity index (χ1) is 11.2. The van der Waals surface area contributed by atoms with Gasteiger partial charge in [-0.25, -0.2) is 4.79 Å². The van der Waals surface area contributed by atoms with Gasteiger partial charge in [0.15, 0.2) is 0 Å². The maximum absolute atomic E-state index is 11.9. The Kier molecular flexibility index (Phi) is 4.58. The first-order valence-electron chi connectivity index (χ1n) is 8.57. The van der Waals surface area contributed by atoms with Crippen molar-refractivity contribution in [2.75, 3.05) is 0 Å². The molecule has 0 bridgehead atoms. The van der Waals surface area contributed by atoms with E-state index in [-0.39, 0.29) is 24.3 Å². The van der Waals surface area contributed by atoms with E-state index in [0.717, 1.165) is 24.7 Å². The molecule has 1 aromatic carbocycles. The normalized spacial score (nSPS) is 24.4. The molecule has 0 spiro atoms. The third kappa shape index (κ3) is 3.73. The summed E-state index contributed by atoms with van der Waals surface area (Å²) in [5.41, 5.74) is 0.580. The lowest BCUT2D eigenvalue weighted by Crippen LogP contribution is -2.41. The largest absolute Gasteiger partial charge is 0.458 e. The minimum atomic E-state index is -0.301. The van der Waals surface area contributed by atoms with Crippen molar-refractivity contribution in [1.82, 2.24) is 0 Å². The highest BCUT2D eigenvalue weighted by atomic mass is 16.7. The van der Waals surface area contributed by atoms with Gasteiger partial charge < -0.3 is 14.0 Å². The van der Waals surface area contributed by atoms with Gasteiger partial charge in [0.25, 0.3) is 0 Å². The summed E-state index contributed by atoms with van der Waals surface area (Å²) in [7, 11) is -0.155. The van der Waals surface area contributed by atoms with Gasteiger partial charge in [0.1, 0.15) is 5.75 Å². The molecule has 5 heteroatoms. The second-order valence-electron chi connectivity index (χ2n) is 7.73. The third-order valence-electron chi connectivity index (χ3n) is 5.21. The fourth-order valence-electron chi connectivity index (χ4n) is 3.10. The summed E-state index contributed by atoms with van der Waals surface area (Å²) >= 11 is 0. The summed E-state index contributed by atoms with van der Waals surface area (Å²) in [6.45, 7) is 8.27. The van der Waals surface area contributed by atoms with Crippen LogP contribution < -0.4 is 4.74 Å². The quantitative estimate of drug-likeness (QED) is 0.362. The zero-order chi connectivity index (χ0) is 17.4. The zero-order valence-corrected chi connectivity index (χ0v) is 14.9. The summed E-state index contributed by atoms with van der Waals surface area (Å²) < 4.78 is 17.3. The Morgan fingerprint density at radius 3 is 2.33 bits per heavy atom. The maximum Gasteiger partial charge on any atom is 0.458 e. The molecule has 1 saturated heterocycles. The van der Waals surface area contributed by atoms with Gasteiger partial charge in [0.05, 0.1) is 11.2 Å². The number of benzene rings is 1. The third-order valence-corrected chi connectivity index (χ3v) is 5.21. The molecule has 0 radical (unpaired) electrons. The second-order valence-corrected chi connectivity index (χ2v) is 7.73. The molecular formula is C19H25BO4. The molecule has 1 aliphatic carbocycles. The SMILES string of the molecule is CC1(C)OB(CC2CC(=CC(=O)Oc3ccccc3)C2)OC1(C)C. The summed E-state index contributed by atoms with van der Waals surface area (Å²) in [4.78, 5) is 11.9. The van der Waals surface area contributed by atoms with Crippen LogP contribution in [0, 0.1) is 5.92 Å². The molecule has 0 unspecified atom stereocenters. The van der Waals surface area contributed by atoms with Gasteiger partial charge in [-0.3, -0.25) is 0 Å². The number of allylic oxidation sites excluding steroid dienone is 1. The van der Waals surface area contributed by atoms with Gasteiger partial charge in [-0.15, -0.1) is 0 Å². The Bertz CT molecular complexity index is 612. The molecule has 1 heterocycles. The number of carbonyl (C=O) groups excluding carboxylic acids is 1. The lowest BCUT2D eigenvalue weighted by atomic mass is 9.67. The number of ether oxygens (including phenoxy) is 1. The van der Waals surface area contributed by atoms with Crippen molar-refractivity contribution in [1.29, 1.82) is 0 Å². The van der Waals surface area contributed by atoms with Crippen molar-refractivity contribution in [3.05, 3.63) is 42.0 Å². The zero-order valence-electron chi connectivity index (χ0n) is 14.9. The minimum absolute atomic E-state index is 0.155. The molecule has 3 rings (SSSR count). The number of rotatable bonds is 4. The van der Waals surface area contributed by atoms with Crippen molar-refractivity contribution in [3.63, 3.8) is 0 Å². The van der Waals surface area contributed by atoms with Crippen LogP contribution in [0.2, 0.25) is 6.32 Å². The molecule has 0 N–H and O–H groups in total. The highest BCUT2D eigenvalue weighted by Crippen LogP contribution is 2.43. The van der Waals surface area contributed by atoms with Crippen LogP contribution in [-0.2, 0) is 14.1 Å². The van der Waals surface area contributed by atoms with E-state index in [0.29, 0.717) is 11.7 Å². The first-order valence-corrected chi connectivity index (χ1v) is 8.57. The number of hydrogen-bond acceptors (Lipinski definition) is 4. The van der Waals surface area contributed by atoms with Crippen LogP contribution in [0.25, 0.3) is 0 Å². The van der Waals surface area contributed by atoms with Gasteiger partial charge >= 0.3 is 13.1 Å². The standard InChI is InChI=1S/C19H25BO4/c1-18(2)19(3,4)24-20(23-18)13-15-10-14(11-15)12-17(21)22-16-8-6-5-7-9-16/h5-9,12,15H,10-11,13H2,1-4H3. The molecule has 1 saturated carbocycles. The van der Waals surface area contributed by atoms with E-state index in [4.69, 9.17) is 14.0 Å².